The minimum absolute atomic E-state index is 0.0229. The van der Waals surface area contributed by atoms with E-state index in [1.54, 1.807) is 30.3 Å². The number of halogens is 1. The molecule has 0 aliphatic heterocycles. The van der Waals surface area contributed by atoms with Gasteiger partial charge in [-0.15, -0.1) is 0 Å². The number of aryl methyl sites for hydroxylation is 1. The zero-order valence-corrected chi connectivity index (χ0v) is 18.0. The Balaban J connectivity index is 1.32. The minimum atomic E-state index is -0.320. The van der Waals surface area contributed by atoms with E-state index in [4.69, 9.17) is 0 Å². The molecule has 0 bridgehead atoms. The minimum Gasteiger partial charge on any atom is -0.345 e. The number of carbonyl (C=O) groups excluding carboxylic acids is 1. The van der Waals surface area contributed by atoms with Crippen LogP contribution in [0.1, 0.15) is 40.4 Å². The number of carbonyl (C=O) groups is 1. The molecule has 33 heavy (non-hydrogen) atoms. The van der Waals surface area contributed by atoms with Gasteiger partial charge in [0.2, 0.25) is 0 Å². The maximum atomic E-state index is 13.6. The van der Waals surface area contributed by atoms with E-state index in [0.29, 0.717) is 22.6 Å². The Morgan fingerprint density at radius 3 is 2.73 bits per heavy atom. The zero-order valence-electron chi connectivity index (χ0n) is 18.0. The third kappa shape index (κ3) is 4.75. The van der Waals surface area contributed by atoms with Gasteiger partial charge in [0.1, 0.15) is 18.0 Å². The number of hydrogen-bond acceptors (Lipinski definition) is 4. The zero-order chi connectivity index (χ0) is 22.6. The molecule has 1 aliphatic carbocycles. The molecule has 2 N–H and O–H groups in total. The molecule has 5 nitrogen and oxygen atoms in total. The third-order valence-electron chi connectivity index (χ3n) is 5.86. The van der Waals surface area contributed by atoms with Gasteiger partial charge < -0.3 is 10.6 Å². The number of fused-ring (bicyclic) bond motifs is 1. The quantitative estimate of drug-likeness (QED) is 0.411. The van der Waals surface area contributed by atoms with Crippen LogP contribution in [-0.4, -0.2) is 15.9 Å². The average molecular weight is 439 g/mol. The first-order chi connectivity index (χ1) is 16.2. The summed E-state index contributed by atoms with van der Waals surface area (Å²) in [5.41, 5.74) is 5.09. The van der Waals surface area contributed by atoms with Gasteiger partial charge in [0.15, 0.2) is 0 Å². The summed E-state index contributed by atoms with van der Waals surface area (Å²) in [6, 6.07) is 23.6. The highest BCUT2D eigenvalue weighted by Gasteiger charge is 2.22. The van der Waals surface area contributed by atoms with Crippen molar-refractivity contribution in [2.75, 3.05) is 5.32 Å². The molecule has 1 heterocycles. The summed E-state index contributed by atoms with van der Waals surface area (Å²) in [6.07, 6.45) is 4.48. The van der Waals surface area contributed by atoms with Gasteiger partial charge >= 0.3 is 0 Å². The molecule has 4 aromatic rings. The lowest BCUT2D eigenvalue weighted by Gasteiger charge is -2.26. The molecule has 5 rings (SSSR count). The molecule has 6 heteroatoms. The van der Waals surface area contributed by atoms with E-state index in [1.165, 1.54) is 29.6 Å². The van der Waals surface area contributed by atoms with Crippen LogP contribution in [0.2, 0.25) is 0 Å². The van der Waals surface area contributed by atoms with E-state index in [-0.39, 0.29) is 17.8 Å². The number of nitrogens with zero attached hydrogens (tertiary/aromatic N) is 2. The van der Waals surface area contributed by atoms with Gasteiger partial charge in [0, 0.05) is 22.9 Å². The van der Waals surface area contributed by atoms with Crippen molar-refractivity contribution in [2.45, 2.75) is 25.3 Å². The Bertz CT molecular complexity index is 1310. The molecule has 164 valence electrons. The maximum Gasteiger partial charge on any atom is 0.251 e. The van der Waals surface area contributed by atoms with Crippen molar-refractivity contribution in [2.24, 2.45) is 0 Å². The van der Waals surface area contributed by atoms with Gasteiger partial charge in [-0.25, -0.2) is 14.4 Å². The molecule has 0 fully saturated rings. The van der Waals surface area contributed by atoms with Crippen LogP contribution in [0, 0.1) is 5.82 Å². The SMILES string of the molecule is O=C(N[C@H]1CCCc2ccccc21)c1cccc(Nc2cc(-c3cccc(F)c3)ncn2)c1. The molecule has 1 aromatic heterocycles. The molecule has 1 atom stereocenters. The molecule has 0 spiro atoms. The number of rotatable bonds is 5. The lowest BCUT2D eigenvalue weighted by Crippen LogP contribution is -2.31. The molecule has 1 aliphatic rings. The number of benzene rings is 3. The van der Waals surface area contributed by atoms with Gasteiger partial charge in [0.05, 0.1) is 11.7 Å². The summed E-state index contributed by atoms with van der Waals surface area (Å²) >= 11 is 0. The van der Waals surface area contributed by atoms with Gasteiger partial charge in [0.25, 0.3) is 5.91 Å². The smallest absolute Gasteiger partial charge is 0.251 e. The highest BCUT2D eigenvalue weighted by molar-refractivity contribution is 5.95. The standard InChI is InChI=1S/C27H23FN4O/c28-21-10-3-8-19(14-21)25-16-26(30-17-29-25)31-22-11-4-9-20(15-22)27(33)32-24-13-5-7-18-6-1-2-12-23(18)24/h1-4,6,8-12,14-17,24H,5,7,13H2,(H,32,33)(H,29,30,31)/t24-/m0/s1. The third-order valence-corrected chi connectivity index (χ3v) is 5.86. The van der Waals surface area contributed by atoms with Crippen molar-refractivity contribution in [3.8, 4) is 11.3 Å². The Morgan fingerprint density at radius 2 is 1.82 bits per heavy atom. The molecular formula is C27H23FN4O. The molecule has 3 aromatic carbocycles. The van der Waals surface area contributed by atoms with Crippen LogP contribution in [0.3, 0.4) is 0 Å². The summed E-state index contributed by atoms with van der Waals surface area (Å²) in [6.45, 7) is 0. The highest BCUT2D eigenvalue weighted by Crippen LogP contribution is 2.30. The predicted octanol–water partition coefficient (Wildman–Crippen LogP) is 5.83. The van der Waals surface area contributed by atoms with Crippen molar-refractivity contribution in [1.82, 2.24) is 15.3 Å². The molecule has 0 radical (unpaired) electrons. The van der Waals surface area contributed by atoms with Crippen molar-refractivity contribution >= 4 is 17.4 Å². The second kappa shape index (κ2) is 9.20. The summed E-state index contributed by atoms with van der Waals surface area (Å²) < 4.78 is 13.6. The first-order valence-corrected chi connectivity index (χ1v) is 11.0. The maximum absolute atomic E-state index is 13.6. The van der Waals surface area contributed by atoms with Crippen LogP contribution in [-0.2, 0) is 6.42 Å². The molecule has 0 unspecified atom stereocenters. The molecular weight excluding hydrogens is 415 g/mol. The number of amides is 1. The first-order valence-electron chi connectivity index (χ1n) is 11.0. The fourth-order valence-electron chi connectivity index (χ4n) is 4.26. The Kier molecular flexibility index (Phi) is 5.81. The van der Waals surface area contributed by atoms with Gasteiger partial charge in [-0.1, -0.05) is 42.5 Å². The lowest BCUT2D eigenvalue weighted by molar-refractivity contribution is 0.0933. The van der Waals surface area contributed by atoms with Crippen molar-refractivity contribution in [3.63, 3.8) is 0 Å². The van der Waals surface area contributed by atoms with Crippen LogP contribution < -0.4 is 10.6 Å². The summed E-state index contributed by atoms with van der Waals surface area (Å²) in [4.78, 5) is 21.5. The fraction of sp³-hybridized carbons (Fsp3) is 0.148. The van der Waals surface area contributed by atoms with Crippen LogP contribution in [0.4, 0.5) is 15.9 Å². The van der Waals surface area contributed by atoms with Gasteiger partial charge in [-0.2, -0.15) is 0 Å². The second-order valence-electron chi connectivity index (χ2n) is 8.12. The van der Waals surface area contributed by atoms with E-state index < -0.39 is 0 Å². The van der Waals surface area contributed by atoms with Crippen LogP contribution in [0.15, 0.2) is 85.2 Å². The first kappa shape index (κ1) is 20.8. The summed E-state index contributed by atoms with van der Waals surface area (Å²) in [5, 5.41) is 6.41. The number of hydrogen-bond donors (Lipinski definition) is 2. The number of aromatic nitrogens is 2. The van der Waals surface area contributed by atoms with Crippen LogP contribution in [0.25, 0.3) is 11.3 Å². The molecule has 0 saturated heterocycles. The predicted molar refractivity (Wildman–Crippen MR) is 127 cm³/mol. The van der Waals surface area contributed by atoms with Gasteiger partial charge in [-0.3, -0.25) is 4.79 Å². The normalized spacial score (nSPS) is 14.9. The Morgan fingerprint density at radius 1 is 0.939 bits per heavy atom. The van der Waals surface area contributed by atoms with E-state index in [9.17, 15) is 9.18 Å². The van der Waals surface area contributed by atoms with E-state index >= 15 is 0 Å². The van der Waals surface area contributed by atoms with Crippen molar-refractivity contribution in [3.05, 3.63) is 108 Å². The molecule has 1 amide bonds. The summed E-state index contributed by atoms with van der Waals surface area (Å²) in [5.74, 6) is 0.131. The second-order valence-corrected chi connectivity index (χ2v) is 8.12. The van der Waals surface area contributed by atoms with Gasteiger partial charge in [-0.05, 0) is 60.7 Å². The van der Waals surface area contributed by atoms with Crippen molar-refractivity contribution in [1.29, 1.82) is 0 Å². The van der Waals surface area contributed by atoms with E-state index in [0.717, 1.165) is 24.9 Å². The number of nitrogens with one attached hydrogen (secondary N) is 2. The largest absolute Gasteiger partial charge is 0.345 e. The summed E-state index contributed by atoms with van der Waals surface area (Å²) in [7, 11) is 0. The fourth-order valence-corrected chi connectivity index (χ4v) is 4.26. The average Bonchev–Trinajstić information content (AvgIpc) is 2.85. The monoisotopic (exact) mass is 438 g/mol. The lowest BCUT2D eigenvalue weighted by atomic mass is 9.87. The topological polar surface area (TPSA) is 66.9 Å². The molecule has 0 saturated carbocycles. The van der Waals surface area contributed by atoms with Crippen LogP contribution >= 0.6 is 0 Å². The Hall–Kier alpha value is -4.06. The Labute approximate surface area is 191 Å². The number of anilines is 2. The highest BCUT2D eigenvalue weighted by atomic mass is 19.1. The van der Waals surface area contributed by atoms with E-state index in [1.807, 2.05) is 24.3 Å². The van der Waals surface area contributed by atoms with Crippen molar-refractivity contribution < 1.29 is 9.18 Å². The van der Waals surface area contributed by atoms with Crippen LogP contribution in [0.5, 0.6) is 0 Å². The van der Waals surface area contributed by atoms with E-state index in [2.05, 4.69) is 32.7 Å².